The van der Waals surface area contributed by atoms with Gasteiger partial charge >= 0.3 is 0 Å². The molecule has 0 aromatic carbocycles. The molecule has 1 radical (unpaired) electrons. The normalized spacial score (nSPS) is 17.3. The quantitative estimate of drug-likeness (QED) is 0.536. The van der Waals surface area contributed by atoms with E-state index >= 15 is 0 Å². The molecule has 0 nitrogen and oxygen atoms in total. The van der Waals surface area contributed by atoms with Crippen LogP contribution in [-0.4, -0.2) is 7.85 Å². The van der Waals surface area contributed by atoms with E-state index in [4.69, 9.17) is 0 Å². The lowest BCUT2D eigenvalue weighted by atomic mass is 10.2. The Morgan fingerprint density at radius 2 is 2.00 bits per heavy atom. The predicted molar refractivity (Wildman–Crippen MR) is 60.5 cm³/mol. The lowest BCUT2D eigenvalue weighted by molar-refractivity contribution is 0.713. The average Bonchev–Trinajstić information content (AvgIpc) is 1.82. The highest BCUT2D eigenvalue weighted by Crippen LogP contribution is 2.19. The van der Waals surface area contributed by atoms with Crippen LogP contribution in [-0.2, 0) is 0 Å². The van der Waals surface area contributed by atoms with E-state index in [0.717, 1.165) is 3.92 Å². The van der Waals surface area contributed by atoms with Crippen molar-refractivity contribution < 1.29 is 0 Å². The molecule has 0 aromatic heterocycles. The molecule has 0 amide bonds. The smallest absolute Gasteiger partial charge is 0.0228 e. The van der Waals surface area contributed by atoms with Crippen molar-refractivity contribution in [2.45, 2.75) is 34.0 Å². The molecular formula is C7H13I2. The van der Waals surface area contributed by atoms with Gasteiger partial charge in [0.1, 0.15) is 0 Å². The van der Waals surface area contributed by atoms with Crippen LogP contribution in [0.15, 0.2) is 0 Å². The first-order valence-electron chi connectivity index (χ1n) is 3.29. The zero-order valence-corrected chi connectivity index (χ0v) is 10.1. The first-order valence-corrected chi connectivity index (χ1v) is 5.78. The fourth-order valence-corrected chi connectivity index (χ4v) is 1.38. The van der Waals surface area contributed by atoms with Gasteiger partial charge in [-0.1, -0.05) is 64.9 Å². The molecule has 0 aliphatic heterocycles. The molecule has 0 rings (SSSR count). The Balaban J connectivity index is 3.16. The molecular weight excluding hydrogens is 338 g/mol. The first-order chi connectivity index (χ1) is 4.18. The van der Waals surface area contributed by atoms with Crippen molar-refractivity contribution in [2.75, 3.05) is 0 Å². The van der Waals surface area contributed by atoms with Gasteiger partial charge in [0.15, 0.2) is 0 Å². The Kier molecular flexibility index (Phi) is 7.19. The number of alkyl halides is 2. The van der Waals surface area contributed by atoms with Crippen LogP contribution in [0.4, 0.5) is 0 Å². The highest BCUT2D eigenvalue weighted by Gasteiger charge is 2.08. The third kappa shape index (κ3) is 5.88. The summed E-state index contributed by atoms with van der Waals surface area (Å²) in [6.07, 6.45) is 3.99. The van der Waals surface area contributed by atoms with Crippen LogP contribution in [0.25, 0.3) is 0 Å². The lowest BCUT2D eigenvalue weighted by Gasteiger charge is -2.10. The monoisotopic (exact) mass is 351 g/mol. The van der Waals surface area contributed by atoms with Crippen LogP contribution in [0.3, 0.4) is 0 Å². The van der Waals surface area contributed by atoms with Crippen LogP contribution in [0.2, 0.25) is 0 Å². The van der Waals surface area contributed by atoms with Crippen molar-refractivity contribution >= 4 is 45.2 Å². The van der Waals surface area contributed by atoms with E-state index in [9.17, 15) is 0 Å². The van der Waals surface area contributed by atoms with Crippen LogP contribution in [0, 0.1) is 6.92 Å². The summed E-state index contributed by atoms with van der Waals surface area (Å²) in [5.41, 5.74) is 0. The number of hydrogen-bond donors (Lipinski definition) is 0. The maximum absolute atomic E-state index is 3.97. The number of hydrogen-bond acceptors (Lipinski definition) is 0. The summed E-state index contributed by atoms with van der Waals surface area (Å²) in [5.74, 6) is 0. The van der Waals surface area contributed by atoms with Crippen molar-refractivity contribution in [3.63, 3.8) is 0 Å². The van der Waals surface area contributed by atoms with Gasteiger partial charge in [-0.25, -0.2) is 0 Å². The summed E-state index contributed by atoms with van der Waals surface area (Å²) in [5, 5.41) is 0. The standard InChI is InChI=1S/C7H13I2/c1-3-4-5-7(9)6(2)8/h6-7H,2-5H2,1H3. The molecule has 2 atom stereocenters. The molecule has 0 aliphatic rings. The van der Waals surface area contributed by atoms with E-state index in [2.05, 4.69) is 59.0 Å². The van der Waals surface area contributed by atoms with Crippen molar-refractivity contribution in [3.05, 3.63) is 6.92 Å². The molecule has 0 N–H and O–H groups in total. The van der Waals surface area contributed by atoms with Crippen LogP contribution < -0.4 is 0 Å². The minimum atomic E-state index is 0.578. The maximum atomic E-state index is 3.97. The van der Waals surface area contributed by atoms with E-state index in [1.807, 2.05) is 0 Å². The first kappa shape index (κ1) is 10.5. The van der Waals surface area contributed by atoms with E-state index in [-0.39, 0.29) is 0 Å². The van der Waals surface area contributed by atoms with Gasteiger partial charge < -0.3 is 0 Å². The van der Waals surface area contributed by atoms with Crippen LogP contribution in [0.1, 0.15) is 26.2 Å². The van der Waals surface area contributed by atoms with E-state index < -0.39 is 0 Å². The third-order valence-electron chi connectivity index (χ3n) is 1.23. The summed E-state index contributed by atoms with van der Waals surface area (Å²) in [6.45, 7) is 6.20. The molecule has 9 heavy (non-hydrogen) atoms. The molecule has 0 bridgehead atoms. The van der Waals surface area contributed by atoms with Crippen molar-refractivity contribution in [1.82, 2.24) is 0 Å². The van der Waals surface area contributed by atoms with Crippen LogP contribution >= 0.6 is 45.2 Å². The van der Waals surface area contributed by atoms with Gasteiger partial charge in [-0.3, -0.25) is 0 Å². The minimum Gasteiger partial charge on any atom is -0.0815 e. The van der Waals surface area contributed by atoms with Crippen molar-refractivity contribution in [3.8, 4) is 0 Å². The van der Waals surface area contributed by atoms with Crippen LogP contribution in [0.5, 0.6) is 0 Å². The van der Waals surface area contributed by atoms with Gasteiger partial charge in [-0.05, 0) is 13.3 Å². The van der Waals surface area contributed by atoms with Gasteiger partial charge in [0.2, 0.25) is 0 Å². The molecule has 0 heterocycles. The fraction of sp³-hybridized carbons (Fsp3) is 0.857. The maximum Gasteiger partial charge on any atom is 0.0228 e. The van der Waals surface area contributed by atoms with Gasteiger partial charge in [0, 0.05) is 7.85 Å². The molecule has 0 saturated carbocycles. The second-order valence-corrected chi connectivity index (χ2v) is 5.37. The fourth-order valence-electron chi connectivity index (χ4n) is 0.580. The molecule has 2 heteroatoms. The van der Waals surface area contributed by atoms with Gasteiger partial charge in [-0.15, -0.1) is 0 Å². The molecule has 2 unspecified atom stereocenters. The van der Waals surface area contributed by atoms with Crippen molar-refractivity contribution in [1.29, 1.82) is 0 Å². The van der Waals surface area contributed by atoms with Gasteiger partial charge in [0.25, 0.3) is 0 Å². The predicted octanol–water partition coefficient (Wildman–Crippen LogP) is 3.62. The number of unbranched alkanes of at least 4 members (excludes halogenated alkanes) is 1. The average molecular weight is 351 g/mol. The minimum absolute atomic E-state index is 0.578. The summed E-state index contributed by atoms with van der Waals surface area (Å²) < 4.78 is 1.35. The van der Waals surface area contributed by atoms with Crippen molar-refractivity contribution in [2.24, 2.45) is 0 Å². The molecule has 0 aromatic rings. The number of rotatable bonds is 4. The second-order valence-electron chi connectivity index (χ2n) is 2.17. The summed E-state index contributed by atoms with van der Waals surface area (Å²) in [4.78, 5) is 0. The van der Waals surface area contributed by atoms with E-state index in [1.54, 1.807) is 0 Å². The van der Waals surface area contributed by atoms with E-state index in [0.29, 0.717) is 3.92 Å². The Labute approximate surface area is 85.5 Å². The Morgan fingerprint density at radius 1 is 1.44 bits per heavy atom. The zero-order chi connectivity index (χ0) is 7.28. The highest BCUT2D eigenvalue weighted by molar-refractivity contribution is 14.1. The third-order valence-corrected chi connectivity index (χ3v) is 4.96. The van der Waals surface area contributed by atoms with E-state index in [1.165, 1.54) is 19.3 Å². The Bertz CT molecular complexity index is 61.9. The second kappa shape index (κ2) is 6.19. The molecule has 0 spiro atoms. The van der Waals surface area contributed by atoms with Gasteiger partial charge in [-0.2, -0.15) is 0 Å². The molecule has 0 fully saturated rings. The number of halogens is 2. The summed E-state index contributed by atoms with van der Waals surface area (Å²) in [7, 11) is 0. The topological polar surface area (TPSA) is 0 Å². The SMILES string of the molecule is [CH2]C(I)C(I)CCCC. The molecule has 55 valence electrons. The largest absolute Gasteiger partial charge is 0.0815 e. The summed E-state index contributed by atoms with van der Waals surface area (Å²) >= 11 is 4.87. The van der Waals surface area contributed by atoms with Gasteiger partial charge in [0.05, 0.1) is 0 Å². The molecule has 0 saturated heterocycles. The Morgan fingerprint density at radius 3 is 2.33 bits per heavy atom. The molecule has 0 aliphatic carbocycles. The Hall–Kier alpha value is 1.46. The highest BCUT2D eigenvalue weighted by atomic mass is 127. The summed E-state index contributed by atoms with van der Waals surface area (Å²) in [6, 6.07) is 0. The zero-order valence-electron chi connectivity index (χ0n) is 5.74. The lowest BCUT2D eigenvalue weighted by Crippen LogP contribution is -2.08.